The van der Waals surface area contributed by atoms with Crippen LogP contribution in [0.1, 0.15) is 10.4 Å². The molecule has 1 fully saturated rings. The van der Waals surface area contributed by atoms with Gasteiger partial charge >= 0.3 is 0 Å². The summed E-state index contributed by atoms with van der Waals surface area (Å²) in [5.74, 6) is -0.131. The first kappa shape index (κ1) is 16.3. The minimum Gasteiger partial charge on any atom is -0.506 e. The van der Waals surface area contributed by atoms with Crippen LogP contribution in [0.4, 0.5) is 0 Å². The van der Waals surface area contributed by atoms with Crippen LogP contribution in [0.2, 0.25) is 0 Å². The number of ether oxygens (including phenoxy) is 1. The van der Waals surface area contributed by atoms with E-state index >= 15 is 0 Å². The Morgan fingerprint density at radius 3 is 2.77 bits per heavy atom. The van der Waals surface area contributed by atoms with Gasteiger partial charge in [-0.2, -0.15) is 0 Å². The minimum atomic E-state index is -0.326. The molecule has 0 radical (unpaired) electrons. The molecule has 2 heterocycles. The fourth-order valence-electron chi connectivity index (χ4n) is 3.11. The van der Waals surface area contributed by atoms with Crippen molar-refractivity contribution in [2.75, 3.05) is 26.3 Å². The summed E-state index contributed by atoms with van der Waals surface area (Å²) in [4.78, 5) is 33.0. The fraction of sp³-hybridized carbons (Fsp3) is 0.211. The highest BCUT2D eigenvalue weighted by Crippen LogP contribution is 2.29. The number of nitrogens with zero attached hydrogens (tertiary/aromatic N) is 2. The lowest BCUT2D eigenvalue weighted by Gasteiger charge is -2.27. The van der Waals surface area contributed by atoms with E-state index in [9.17, 15) is 14.7 Å². The normalized spacial score (nSPS) is 14.5. The van der Waals surface area contributed by atoms with E-state index in [1.54, 1.807) is 35.2 Å². The first-order chi connectivity index (χ1) is 12.6. The molecule has 0 bridgehead atoms. The molecule has 0 atom stereocenters. The average molecular weight is 351 g/mol. The molecule has 0 aliphatic carbocycles. The zero-order chi connectivity index (χ0) is 18.1. The number of aromatic amines is 1. The van der Waals surface area contributed by atoms with Crippen molar-refractivity contribution in [3.8, 4) is 16.9 Å². The number of amides is 1. The first-order valence-corrected chi connectivity index (χ1v) is 8.31. The maximum atomic E-state index is 12.7. The van der Waals surface area contributed by atoms with E-state index in [0.29, 0.717) is 42.8 Å². The lowest BCUT2D eigenvalue weighted by atomic mass is 10.0. The van der Waals surface area contributed by atoms with Crippen molar-refractivity contribution in [3.05, 3.63) is 58.6 Å². The van der Waals surface area contributed by atoms with Crippen molar-refractivity contribution in [2.24, 2.45) is 0 Å². The highest BCUT2D eigenvalue weighted by molar-refractivity contribution is 5.96. The molecule has 0 saturated carbocycles. The van der Waals surface area contributed by atoms with E-state index < -0.39 is 0 Å². The third-order valence-electron chi connectivity index (χ3n) is 4.46. The van der Waals surface area contributed by atoms with E-state index in [4.69, 9.17) is 4.74 Å². The number of hydrogen-bond donors (Lipinski definition) is 2. The van der Waals surface area contributed by atoms with Crippen molar-refractivity contribution in [1.82, 2.24) is 14.9 Å². The summed E-state index contributed by atoms with van der Waals surface area (Å²) in [6.45, 7) is 2.22. The van der Waals surface area contributed by atoms with Crippen LogP contribution < -0.4 is 5.56 Å². The Bertz CT molecular complexity index is 1040. The summed E-state index contributed by atoms with van der Waals surface area (Å²) in [6, 6.07) is 10.4. The lowest BCUT2D eigenvalue weighted by Crippen LogP contribution is -2.40. The number of aromatic hydroxyl groups is 1. The Kier molecular flexibility index (Phi) is 4.14. The highest BCUT2D eigenvalue weighted by Gasteiger charge is 2.19. The largest absolute Gasteiger partial charge is 0.506 e. The van der Waals surface area contributed by atoms with Crippen LogP contribution in [-0.4, -0.2) is 52.2 Å². The lowest BCUT2D eigenvalue weighted by molar-refractivity contribution is 0.0303. The topological polar surface area (TPSA) is 95.5 Å². The third kappa shape index (κ3) is 2.93. The summed E-state index contributed by atoms with van der Waals surface area (Å²) in [5, 5.41) is 10.5. The summed E-state index contributed by atoms with van der Waals surface area (Å²) in [5.41, 5.74) is 1.87. The van der Waals surface area contributed by atoms with Crippen LogP contribution in [-0.2, 0) is 4.74 Å². The van der Waals surface area contributed by atoms with E-state index in [1.807, 2.05) is 6.07 Å². The number of phenolic OH excluding ortho intramolecular Hbond substituents is 1. The molecule has 2 aromatic carbocycles. The summed E-state index contributed by atoms with van der Waals surface area (Å²) in [6.07, 6.45) is 1.26. The molecule has 0 spiro atoms. The van der Waals surface area contributed by atoms with Gasteiger partial charge in [-0.25, -0.2) is 4.98 Å². The van der Waals surface area contributed by atoms with Crippen LogP contribution in [0.25, 0.3) is 22.0 Å². The second-order valence-corrected chi connectivity index (χ2v) is 6.11. The predicted octanol–water partition coefficient (Wildman–Crippen LogP) is 1.77. The Morgan fingerprint density at radius 2 is 1.96 bits per heavy atom. The SMILES string of the molecule is O=C(c1cccc(-c2cc(O)c3nc[nH]c(=O)c3c2)c1)N1CCOCC1. The molecule has 7 nitrogen and oxygen atoms in total. The predicted molar refractivity (Wildman–Crippen MR) is 96.2 cm³/mol. The molecular formula is C19H17N3O4. The van der Waals surface area contributed by atoms with Gasteiger partial charge in [0.25, 0.3) is 11.5 Å². The van der Waals surface area contributed by atoms with Crippen LogP contribution in [0, 0.1) is 0 Å². The molecule has 7 heteroatoms. The fourth-order valence-corrected chi connectivity index (χ4v) is 3.11. The number of H-pyrrole nitrogens is 1. The van der Waals surface area contributed by atoms with Crippen molar-refractivity contribution < 1.29 is 14.6 Å². The maximum Gasteiger partial charge on any atom is 0.258 e. The van der Waals surface area contributed by atoms with Gasteiger partial charge in [0, 0.05) is 18.7 Å². The highest BCUT2D eigenvalue weighted by atomic mass is 16.5. The molecule has 26 heavy (non-hydrogen) atoms. The third-order valence-corrected chi connectivity index (χ3v) is 4.46. The quantitative estimate of drug-likeness (QED) is 0.734. The van der Waals surface area contributed by atoms with Crippen LogP contribution in [0.5, 0.6) is 5.75 Å². The maximum absolute atomic E-state index is 12.7. The zero-order valence-electron chi connectivity index (χ0n) is 13.9. The number of hydrogen-bond acceptors (Lipinski definition) is 5. The summed E-state index contributed by atoms with van der Waals surface area (Å²) in [7, 11) is 0. The molecule has 1 aliphatic rings. The first-order valence-electron chi connectivity index (χ1n) is 8.31. The molecule has 1 amide bonds. The van der Waals surface area contributed by atoms with Gasteiger partial charge in [-0.05, 0) is 35.4 Å². The number of aromatic nitrogens is 2. The number of rotatable bonds is 2. The Labute approximate surface area is 148 Å². The summed E-state index contributed by atoms with van der Waals surface area (Å²) >= 11 is 0. The molecule has 132 valence electrons. The second kappa shape index (κ2) is 6.61. The van der Waals surface area contributed by atoms with Crippen molar-refractivity contribution in [2.45, 2.75) is 0 Å². The molecule has 1 aromatic heterocycles. The number of carbonyl (C=O) groups is 1. The van der Waals surface area contributed by atoms with Crippen LogP contribution in [0.3, 0.4) is 0 Å². The minimum absolute atomic E-state index is 0.0559. The van der Waals surface area contributed by atoms with Gasteiger partial charge in [0.15, 0.2) is 0 Å². The molecule has 4 rings (SSSR count). The smallest absolute Gasteiger partial charge is 0.258 e. The van der Waals surface area contributed by atoms with Crippen LogP contribution in [0.15, 0.2) is 47.5 Å². The number of nitrogens with one attached hydrogen (secondary N) is 1. The van der Waals surface area contributed by atoms with Crippen molar-refractivity contribution in [1.29, 1.82) is 0 Å². The van der Waals surface area contributed by atoms with E-state index in [-0.39, 0.29) is 22.7 Å². The molecule has 1 saturated heterocycles. The van der Waals surface area contributed by atoms with Crippen molar-refractivity contribution >= 4 is 16.8 Å². The van der Waals surface area contributed by atoms with E-state index in [0.717, 1.165) is 5.56 Å². The van der Waals surface area contributed by atoms with Crippen LogP contribution >= 0.6 is 0 Å². The number of carbonyl (C=O) groups excluding carboxylic acids is 1. The Hall–Kier alpha value is -3.19. The number of benzene rings is 2. The molecule has 3 aromatic rings. The molecule has 0 unspecified atom stereocenters. The van der Waals surface area contributed by atoms with Crippen molar-refractivity contribution in [3.63, 3.8) is 0 Å². The Morgan fingerprint density at radius 1 is 1.15 bits per heavy atom. The standard InChI is InChI=1S/C19H17N3O4/c23-16-10-14(9-15-17(16)20-11-21-18(15)24)12-2-1-3-13(8-12)19(25)22-4-6-26-7-5-22/h1-3,8-11,23H,4-7H2,(H,20,21,24). The van der Waals surface area contributed by atoms with Gasteiger partial charge in [-0.1, -0.05) is 12.1 Å². The Balaban J connectivity index is 1.75. The van der Waals surface area contributed by atoms with Gasteiger partial charge in [-0.3, -0.25) is 9.59 Å². The molecular weight excluding hydrogens is 334 g/mol. The van der Waals surface area contributed by atoms with Gasteiger partial charge < -0.3 is 19.7 Å². The van der Waals surface area contributed by atoms with Gasteiger partial charge in [-0.15, -0.1) is 0 Å². The molecule has 2 N–H and O–H groups in total. The van der Waals surface area contributed by atoms with Gasteiger partial charge in [0.1, 0.15) is 11.3 Å². The number of fused-ring (bicyclic) bond motifs is 1. The van der Waals surface area contributed by atoms with E-state index in [1.165, 1.54) is 6.33 Å². The monoisotopic (exact) mass is 351 g/mol. The number of phenols is 1. The zero-order valence-corrected chi connectivity index (χ0v) is 13.9. The van der Waals surface area contributed by atoms with E-state index in [2.05, 4.69) is 9.97 Å². The van der Waals surface area contributed by atoms with Gasteiger partial charge in [0.05, 0.1) is 24.9 Å². The molecule has 1 aliphatic heterocycles. The van der Waals surface area contributed by atoms with Gasteiger partial charge in [0.2, 0.25) is 0 Å². The average Bonchev–Trinajstić information content (AvgIpc) is 2.69. The second-order valence-electron chi connectivity index (χ2n) is 6.11. The summed E-state index contributed by atoms with van der Waals surface area (Å²) < 4.78 is 5.28. The number of morpholine rings is 1.